The third kappa shape index (κ3) is 9.13. The summed E-state index contributed by atoms with van der Waals surface area (Å²) < 4.78 is 7.48. The predicted octanol–water partition coefficient (Wildman–Crippen LogP) is 4.30. The van der Waals surface area contributed by atoms with E-state index in [1.54, 1.807) is 28.6 Å². The van der Waals surface area contributed by atoms with Gasteiger partial charge in [0.15, 0.2) is 6.61 Å². The van der Waals surface area contributed by atoms with Gasteiger partial charge in [-0.25, -0.2) is 0 Å². The zero-order valence-corrected chi connectivity index (χ0v) is 21.8. The minimum absolute atomic E-state index is 0. The number of nitrogens with one attached hydrogen (secondary N) is 2. The lowest BCUT2D eigenvalue weighted by Crippen LogP contribution is -2.43. The Morgan fingerprint density at radius 3 is 2.68 bits per heavy atom. The molecule has 0 fully saturated rings. The average molecular weight is 526 g/mol. The number of carbonyl (C=O) groups is 1. The van der Waals surface area contributed by atoms with Crippen molar-refractivity contribution in [2.45, 2.75) is 44.4 Å². The molecule has 0 bridgehead atoms. The molecule has 1 heterocycles. The first-order valence-corrected chi connectivity index (χ1v) is 12.1. The number of carbonyl (C=O) groups excluding carboxylic acids is 1. The van der Waals surface area contributed by atoms with Crippen LogP contribution in [0.15, 0.2) is 53.7 Å². The largest absolute Gasteiger partial charge is 0.483 e. The molecule has 3 rings (SSSR count). The predicted molar refractivity (Wildman–Crippen MR) is 138 cm³/mol. The van der Waals surface area contributed by atoms with E-state index >= 15 is 0 Å². The highest BCUT2D eigenvalue weighted by atomic mass is 35.5. The van der Waals surface area contributed by atoms with E-state index < -0.39 is 0 Å². The van der Waals surface area contributed by atoms with Crippen LogP contribution in [0.2, 0.25) is 5.02 Å². The van der Waals surface area contributed by atoms with Crippen LogP contribution in [0.5, 0.6) is 5.75 Å². The molecule has 8 nitrogen and oxygen atoms in total. The molecule has 0 aliphatic carbocycles. The molecule has 2 aromatic carbocycles. The first-order valence-electron chi connectivity index (χ1n) is 10.7. The number of hydrogen-bond acceptors (Lipinski definition) is 7. The van der Waals surface area contributed by atoms with Crippen molar-refractivity contribution in [2.24, 2.45) is 0 Å². The van der Waals surface area contributed by atoms with Gasteiger partial charge in [-0.15, -0.1) is 17.5 Å². The second-order valence-electron chi connectivity index (χ2n) is 8.43. The Bertz CT molecular complexity index is 1040. The van der Waals surface area contributed by atoms with Crippen LogP contribution in [-0.4, -0.2) is 50.6 Å². The molecule has 0 aliphatic heterocycles. The molecule has 1 aromatic heterocycles. The van der Waals surface area contributed by atoms with Crippen LogP contribution >= 0.6 is 35.8 Å². The number of thioether (sulfide) groups is 1. The minimum Gasteiger partial charge on any atom is -0.483 e. The number of benzene rings is 2. The molecule has 2 N–H and O–H groups in total. The van der Waals surface area contributed by atoms with Gasteiger partial charge in [-0.05, 0) is 74.5 Å². The molecule has 0 saturated carbocycles. The fourth-order valence-corrected chi connectivity index (χ4v) is 4.03. The van der Waals surface area contributed by atoms with Crippen molar-refractivity contribution in [3.63, 3.8) is 0 Å². The number of aromatic nitrogens is 4. The first-order chi connectivity index (χ1) is 15.8. The van der Waals surface area contributed by atoms with Gasteiger partial charge >= 0.3 is 0 Å². The molecule has 0 atom stereocenters. The summed E-state index contributed by atoms with van der Waals surface area (Å²) in [6.45, 7) is 7.15. The van der Waals surface area contributed by atoms with Crippen LogP contribution < -0.4 is 15.4 Å². The minimum atomic E-state index is -0.298. The summed E-state index contributed by atoms with van der Waals surface area (Å²) >= 11 is 7.78. The molecule has 11 heteroatoms. The molecule has 0 radical (unpaired) electrons. The van der Waals surface area contributed by atoms with Crippen LogP contribution in [0.4, 0.5) is 0 Å². The fourth-order valence-electron chi connectivity index (χ4n) is 3.01. The van der Waals surface area contributed by atoms with Crippen molar-refractivity contribution in [3.8, 4) is 11.4 Å². The molecule has 0 aliphatic rings. The van der Waals surface area contributed by atoms with E-state index in [4.69, 9.17) is 16.3 Å². The van der Waals surface area contributed by atoms with Gasteiger partial charge in [0.2, 0.25) is 5.16 Å². The molecule has 0 spiro atoms. The Balaban J connectivity index is 0.00000408. The Morgan fingerprint density at radius 1 is 1.18 bits per heavy atom. The zero-order chi connectivity index (χ0) is 23.7. The van der Waals surface area contributed by atoms with Crippen molar-refractivity contribution in [2.75, 3.05) is 18.9 Å². The lowest BCUT2D eigenvalue weighted by Gasteiger charge is -2.21. The van der Waals surface area contributed by atoms with Crippen LogP contribution in [0.3, 0.4) is 0 Å². The number of nitrogens with zero attached hydrogens (tertiary/aromatic N) is 4. The maximum Gasteiger partial charge on any atom is 0.258 e. The normalized spacial score (nSPS) is 11.1. The third-order valence-electron chi connectivity index (χ3n) is 4.38. The summed E-state index contributed by atoms with van der Waals surface area (Å²) in [5.74, 6) is 1.35. The molecule has 3 aromatic rings. The number of ether oxygens (including phenoxy) is 1. The number of rotatable bonds is 11. The van der Waals surface area contributed by atoms with Gasteiger partial charge in [0.25, 0.3) is 5.91 Å². The van der Waals surface area contributed by atoms with Gasteiger partial charge in [0.05, 0.1) is 5.69 Å². The Morgan fingerprint density at radius 2 is 1.94 bits per heavy atom. The van der Waals surface area contributed by atoms with Crippen molar-refractivity contribution >= 4 is 41.7 Å². The molecular formula is C23H30Cl2N6O2S. The molecule has 0 saturated heterocycles. The van der Waals surface area contributed by atoms with Gasteiger partial charge in [0, 0.05) is 28.4 Å². The summed E-state index contributed by atoms with van der Waals surface area (Å²) in [6, 6.07) is 15.2. The summed E-state index contributed by atoms with van der Waals surface area (Å²) in [7, 11) is 0. The van der Waals surface area contributed by atoms with E-state index in [1.165, 1.54) is 0 Å². The van der Waals surface area contributed by atoms with Crippen LogP contribution in [0, 0.1) is 0 Å². The van der Waals surface area contributed by atoms with Gasteiger partial charge in [0.1, 0.15) is 5.75 Å². The molecule has 1 amide bonds. The smallest absolute Gasteiger partial charge is 0.258 e. The second kappa shape index (κ2) is 13.5. The van der Waals surface area contributed by atoms with E-state index in [-0.39, 0.29) is 30.5 Å². The maximum atomic E-state index is 12.1. The van der Waals surface area contributed by atoms with E-state index in [2.05, 4.69) is 26.2 Å². The van der Waals surface area contributed by atoms with Crippen LogP contribution in [-0.2, 0) is 11.3 Å². The standard InChI is InChI=1S/C23H29ClN6O2S.ClH/c1-23(2,3)26-21(31)16-32-20-11-10-18(24)14-17(20)15-25-12-7-13-33-22-27-28-29-30(22)19-8-5-4-6-9-19;/h4-6,8-11,14,25H,7,12-13,15-16H2,1-3H3,(H,26,31);1H. The third-order valence-corrected chi connectivity index (χ3v) is 5.62. The number of hydrogen-bond donors (Lipinski definition) is 2. The number of para-hydroxylation sites is 1. The topological polar surface area (TPSA) is 94.0 Å². The summed E-state index contributed by atoms with van der Waals surface area (Å²) in [5, 5.41) is 19.7. The van der Waals surface area contributed by atoms with Crippen LogP contribution in [0.1, 0.15) is 32.8 Å². The van der Waals surface area contributed by atoms with E-state index in [9.17, 15) is 4.79 Å². The number of halogens is 2. The van der Waals surface area contributed by atoms with Gasteiger partial charge in [-0.2, -0.15) is 4.68 Å². The quantitative estimate of drug-likeness (QED) is 0.285. The lowest BCUT2D eigenvalue weighted by atomic mass is 10.1. The molecule has 34 heavy (non-hydrogen) atoms. The number of amides is 1. The van der Waals surface area contributed by atoms with E-state index in [1.807, 2.05) is 57.2 Å². The summed E-state index contributed by atoms with van der Waals surface area (Å²) in [6.07, 6.45) is 0.928. The lowest BCUT2D eigenvalue weighted by molar-refractivity contribution is -0.124. The number of tetrazole rings is 1. The fraction of sp³-hybridized carbons (Fsp3) is 0.391. The molecule has 0 unspecified atom stereocenters. The summed E-state index contributed by atoms with van der Waals surface area (Å²) in [5.41, 5.74) is 1.55. The zero-order valence-electron chi connectivity index (χ0n) is 19.5. The van der Waals surface area contributed by atoms with Crippen molar-refractivity contribution < 1.29 is 9.53 Å². The first kappa shape index (κ1) is 27.9. The van der Waals surface area contributed by atoms with E-state index in [0.29, 0.717) is 17.3 Å². The highest BCUT2D eigenvalue weighted by Gasteiger charge is 2.15. The molecular weight excluding hydrogens is 495 g/mol. The second-order valence-corrected chi connectivity index (χ2v) is 9.93. The SMILES string of the molecule is CC(C)(C)NC(=O)COc1ccc(Cl)cc1CNCCCSc1nnnn1-c1ccccc1.Cl. The average Bonchev–Trinajstić information content (AvgIpc) is 3.23. The van der Waals surface area contributed by atoms with Crippen molar-refractivity contribution in [1.29, 1.82) is 0 Å². The highest BCUT2D eigenvalue weighted by Crippen LogP contribution is 2.23. The van der Waals surface area contributed by atoms with Gasteiger partial charge in [-0.1, -0.05) is 41.6 Å². The Kier molecular flexibility index (Phi) is 11.1. The van der Waals surface area contributed by atoms with Crippen molar-refractivity contribution in [3.05, 3.63) is 59.1 Å². The Labute approximate surface area is 215 Å². The monoisotopic (exact) mass is 524 g/mol. The van der Waals surface area contributed by atoms with Gasteiger partial charge < -0.3 is 15.4 Å². The van der Waals surface area contributed by atoms with Crippen LogP contribution in [0.25, 0.3) is 5.69 Å². The van der Waals surface area contributed by atoms with E-state index in [0.717, 1.165) is 35.1 Å². The highest BCUT2D eigenvalue weighted by molar-refractivity contribution is 7.99. The maximum absolute atomic E-state index is 12.1. The van der Waals surface area contributed by atoms with Gasteiger partial charge in [-0.3, -0.25) is 4.79 Å². The Hall–Kier alpha value is -2.33. The van der Waals surface area contributed by atoms with Crippen molar-refractivity contribution in [1.82, 2.24) is 30.8 Å². The summed E-state index contributed by atoms with van der Waals surface area (Å²) in [4.78, 5) is 12.1. The molecule has 184 valence electrons.